The normalized spacial score (nSPS) is 11.0. The predicted octanol–water partition coefficient (Wildman–Crippen LogP) is 5.93. The standard InChI is InChI=1S/C27H25NO3/c1-2-18-31-26(29)16-7-8-17-28-19-24(22-13-5-6-15-25(22)28)27(30)23-14-9-11-20-10-3-4-12-21(20)23/h2-6,9-15,19H,1,7-8,16-18H2. The highest BCUT2D eigenvalue weighted by atomic mass is 16.5. The van der Waals surface area contributed by atoms with Crippen molar-refractivity contribution in [3.8, 4) is 0 Å². The largest absolute Gasteiger partial charge is 0.461 e. The summed E-state index contributed by atoms with van der Waals surface area (Å²) in [5.74, 6) is -0.177. The van der Waals surface area contributed by atoms with Crippen molar-refractivity contribution in [1.82, 2.24) is 4.57 Å². The van der Waals surface area contributed by atoms with Gasteiger partial charge in [-0.1, -0.05) is 73.3 Å². The van der Waals surface area contributed by atoms with E-state index in [2.05, 4.69) is 11.1 Å². The minimum atomic E-state index is -0.205. The molecule has 0 aliphatic rings. The number of ketones is 1. The van der Waals surface area contributed by atoms with E-state index in [9.17, 15) is 9.59 Å². The Morgan fingerprint density at radius 2 is 1.61 bits per heavy atom. The van der Waals surface area contributed by atoms with Gasteiger partial charge in [-0.25, -0.2) is 0 Å². The highest BCUT2D eigenvalue weighted by Crippen LogP contribution is 2.27. The molecule has 156 valence electrons. The molecule has 4 aromatic rings. The molecule has 0 radical (unpaired) electrons. The van der Waals surface area contributed by atoms with Gasteiger partial charge in [-0.15, -0.1) is 0 Å². The summed E-state index contributed by atoms with van der Waals surface area (Å²) in [6.45, 7) is 4.53. The molecule has 1 heterocycles. The number of ether oxygens (including phenoxy) is 1. The molecular weight excluding hydrogens is 386 g/mol. The zero-order valence-electron chi connectivity index (χ0n) is 17.4. The minimum absolute atomic E-state index is 0.0275. The lowest BCUT2D eigenvalue weighted by Gasteiger charge is -2.05. The Morgan fingerprint density at radius 1 is 0.871 bits per heavy atom. The third-order valence-electron chi connectivity index (χ3n) is 5.46. The Labute approximate surface area is 181 Å². The summed E-state index contributed by atoms with van der Waals surface area (Å²) < 4.78 is 7.14. The molecule has 4 rings (SSSR count). The smallest absolute Gasteiger partial charge is 0.306 e. The van der Waals surface area contributed by atoms with Crippen LogP contribution in [0.2, 0.25) is 0 Å². The molecule has 0 N–H and O–H groups in total. The highest BCUT2D eigenvalue weighted by molar-refractivity contribution is 6.21. The number of hydrogen-bond acceptors (Lipinski definition) is 3. The van der Waals surface area contributed by atoms with E-state index in [1.54, 1.807) is 6.08 Å². The fourth-order valence-corrected chi connectivity index (χ4v) is 3.96. The van der Waals surface area contributed by atoms with Gasteiger partial charge in [0, 0.05) is 41.2 Å². The van der Waals surface area contributed by atoms with Crippen molar-refractivity contribution in [3.05, 3.63) is 96.7 Å². The second kappa shape index (κ2) is 9.43. The first kappa shape index (κ1) is 20.6. The predicted molar refractivity (Wildman–Crippen MR) is 124 cm³/mol. The second-order valence-electron chi connectivity index (χ2n) is 7.54. The van der Waals surface area contributed by atoms with E-state index in [0.29, 0.717) is 17.5 Å². The minimum Gasteiger partial charge on any atom is -0.461 e. The molecule has 0 amide bonds. The van der Waals surface area contributed by atoms with Gasteiger partial charge in [0.2, 0.25) is 0 Å². The van der Waals surface area contributed by atoms with Crippen molar-refractivity contribution in [2.45, 2.75) is 25.8 Å². The lowest BCUT2D eigenvalue weighted by molar-refractivity contribution is -0.142. The van der Waals surface area contributed by atoms with Crippen molar-refractivity contribution < 1.29 is 14.3 Å². The number of fused-ring (bicyclic) bond motifs is 2. The van der Waals surface area contributed by atoms with Crippen molar-refractivity contribution >= 4 is 33.4 Å². The number of rotatable bonds is 9. The van der Waals surface area contributed by atoms with E-state index >= 15 is 0 Å². The van der Waals surface area contributed by atoms with E-state index < -0.39 is 0 Å². The van der Waals surface area contributed by atoms with Gasteiger partial charge in [-0.05, 0) is 29.7 Å². The van der Waals surface area contributed by atoms with E-state index in [0.717, 1.165) is 41.1 Å². The fourth-order valence-electron chi connectivity index (χ4n) is 3.96. The van der Waals surface area contributed by atoms with Gasteiger partial charge in [0.15, 0.2) is 5.78 Å². The number of nitrogens with zero attached hydrogens (tertiary/aromatic N) is 1. The Balaban J connectivity index is 1.57. The van der Waals surface area contributed by atoms with Crippen LogP contribution in [-0.2, 0) is 16.1 Å². The quantitative estimate of drug-likeness (QED) is 0.149. The average molecular weight is 412 g/mol. The first-order valence-electron chi connectivity index (χ1n) is 10.6. The zero-order chi connectivity index (χ0) is 21.6. The molecule has 4 heteroatoms. The number of esters is 1. The molecule has 0 bridgehead atoms. The average Bonchev–Trinajstić information content (AvgIpc) is 3.18. The molecular formula is C27H25NO3. The summed E-state index contributed by atoms with van der Waals surface area (Å²) in [6.07, 6.45) is 5.46. The van der Waals surface area contributed by atoms with Crippen LogP contribution in [0.15, 0.2) is 85.6 Å². The Hall–Kier alpha value is -3.66. The molecule has 0 atom stereocenters. The highest BCUT2D eigenvalue weighted by Gasteiger charge is 2.18. The maximum atomic E-state index is 13.5. The Morgan fingerprint density at radius 3 is 2.45 bits per heavy atom. The van der Waals surface area contributed by atoms with Crippen LogP contribution in [0.3, 0.4) is 0 Å². The first-order chi connectivity index (χ1) is 15.2. The molecule has 0 saturated carbocycles. The summed E-state index contributed by atoms with van der Waals surface area (Å²) in [5.41, 5.74) is 2.45. The molecule has 0 spiro atoms. The second-order valence-corrected chi connectivity index (χ2v) is 7.54. The summed E-state index contributed by atoms with van der Waals surface area (Å²) >= 11 is 0. The lowest BCUT2D eigenvalue weighted by Crippen LogP contribution is -2.05. The fraction of sp³-hybridized carbons (Fsp3) is 0.185. The SMILES string of the molecule is C=CCOC(=O)CCCCn1cc(C(=O)c2cccc3ccccc23)c2ccccc21. The van der Waals surface area contributed by atoms with Crippen LogP contribution < -0.4 is 0 Å². The third-order valence-corrected chi connectivity index (χ3v) is 5.46. The number of carbonyl (C=O) groups excluding carboxylic acids is 2. The van der Waals surface area contributed by atoms with Gasteiger partial charge < -0.3 is 9.30 Å². The topological polar surface area (TPSA) is 48.3 Å². The maximum Gasteiger partial charge on any atom is 0.306 e. The number of benzene rings is 3. The number of aromatic nitrogens is 1. The van der Waals surface area contributed by atoms with E-state index in [-0.39, 0.29) is 18.4 Å². The number of para-hydroxylation sites is 1. The van der Waals surface area contributed by atoms with Crippen molar-refractivity contribution in [2.75, 3.05) is 6.61 Å². The third kappa shape index (κ3) is 4.43. The number of carbonyl (C=O) groups is 2. The zero-order valence-corrected chi connectivity index (χ0v) is 17.4. The van der Waals surface area contributed by atoms with Crippen LogP contribution in [0.5, 0.6) is 0 Å². The summed E-state index contributed by atoms with van der Waals surface area (Å²) in [4.78, 5) is 25.2. The molecule has 0 saturated heterocycles. The first-order valence-corrected chi connectivity index (χ1v) is 10.6. The van der Waals surface area contributed by atoms with Gasteiger partial charge >= 0.3 is 5.97 Å². The van der Waals surface area contributed by atoms with Crippen LogP contribution in [0.1, 0.15) is 35.2 Å². The van der Waals surface area contributed by atoms with Crippen molar-refractivity contribution in [2.24, 2.45) is 0 Å². The molecule has 4 nitrogen and oxygen atoms in total. The van der Waals surface area contributed by atoms with Crippen LogP contribution in [-0.4, -0.2) is 22.9 Å². The molecule has 0 aliphatic carbocycles. The molecule has 0 aliphatic heterocycles. The number of unbranched alkanes of at least 4 members (excludes halogenated alkanes) is 1. The van der Waals surface area contributed by atoms with Crippen LogP contribution in [0.4, 0.5) is 0 Å². The van der Waals surface area contributed by atoms with Crippen LogP contribution in [0, 0.1) is 0 Å². The van der Waals surface area contributed by atoms with Crippen LogP contribution in [0.25, 0.3) is 21.7 Å². The van der Waals surface area contributed by atoms with Gasteiger partial charge in [-0.2, -0.15) is 0 Å². The monoisotopic (exact) mass is 411 g/mol. The summed E-state index contributed by atoms with van der Waals surface area (Å²) in [5, 5.41) is 2.97. The van der Waals surface area contributed by atoms with E-state index in [1.165, 1.54) is 0 Å². The van der Waals surface area contributed by atoms with Crippen LogP contribution >= 0.6 is 0 Å². The van der Waals surface area contributed by atoms with Gasteiger partial charge in [0.1, 0.15) is 6.61 Å². The maximum absolute atomic E-state index is 13.5. The molecule has 3 aromatic carbocycles. The number of aryl methyl sites for hydroxylation is 1. The summed E-state index contributed by atoms with van der Waals surface area (Å²) in [6, 6.07) is 21.8. The van der Waals surface area contributed by atoms with Gasteiger partial charge in [0.05, 0.1) is 0 Å². The molecule has 31 heavy (non-hydrogen) atoms. The van der Waals surface area contributed by atoms with E-state index in [4.69, 9.17) is 4.74 Å². The molecule has 0 fully saturated rings. The molecule has 1 aromatic heterocycles. The van der Waals surface area contributed by atoms with E-state index in [1.807, 2.05) is 72.9 Å². The summed E-state index contributed by atoms with van der Waals surface area (Å²) in [7, 11) is 0. The van der Waals surface area contributed by atoms with Gasteiger partial charge in [-0.3, -0.25) is 9.59 Å². The molecule has 0 unspecified atom stereocenters. The van der Waals surface area contributed by atoms with Crippen molar-refractivity contribution in [1.29, 1.82) is 0 Å². The van der Waals surface area contributed by atoms with Crippen molar-refractivity contribution in [3.63, 3.8) is 0 Å². The van der Waals surface area contributed by atoms with Gasteiger partial charge in [0.25, 0.3) is 0 Å². The Bertz CT molecular complexity index is 1250. The lowest BCUT2D eigenvalue weighted by atomic mass is 9.97. The Kier molecular flexibility index (Phi) is 6.27. The number of hydrogen-bond donors (Lipinski definition) is 0.